The number of aryl methyl sites for hydroxylation is 1. The van der Waals surface area contributed by atoms with Crippen LogP contribution in [0.1, 0.15) is 31.8 Å². The Hall–Kier alpha value is -3.40. The zero-order valence-electron chi connectivity index (χ0n) is 14.3. The molecule has 0 unspecified atom stereocenters. The lowest BCUT2D eigenvalue weighted by Crippen LogP contribution is -2.24. The van der Waals surface area contributed by atoms with Crippen molar-refractivity contribution in [3.05, 3.63) is 95.1 Å². The molecule has 0 aromatic heterocycles. The fraction of sp³-hybridized carbons (Fsp3) is 0.0909. The van der Waals surface area contributed by atoms with Crippen molar-refractivity contribution >= 4 is 17.6 Å². The first-order chi connectivity index (χ1) is 12.6. The minimum absolute atomic E-state index is 0.0820. The molecule has 1 aliphatic rings. The van der Waals surface area contributed by atoms with Gasteiger partial charge >= 0.3 is 5.97 Å². The van der Waals surface area contributed by atoms with E-state index in [1.54, 1.807) is 35.2 Å². The van der Waals surface area contributed by atoms with Gasteiger partial charge in [0, 0.05) is 5.56 Å². The van der Waals surface area contributed by atoms with Crippen LogP contribution in [0.4, 0.5) is 5.69 Å². The molecule has 4 heteroatoms. The summed E-state index contributed by atoms with van der Waals surface area (Å²) in [4.78, 5) is 26.9. The van der Waals surface area contributed by atoms with Crippen LogP contribution in [0.2, 0.25) is 0 Å². The number of amides is 1. The molecule has 1 amide bonds. The Kier molecular flexibility index (Phi) is 4.01. The van der Waals surface area contributed by atoms with Gasteiger partial charge in [-0.15, -0.1) is 0 Å². The maximum atomic E-state index is 12.8. The number of hydrogen-bond donors (Lipinski definition) is 0. The fourth-order valence-corrected chi connectivity index (χ4v) is 3.11. The van der Waals surface area contributed by atoms with Crippen molar-refractivity contribution < 1.29 is 14.3 Å². The maximum absolute atomic E-state index is 12.8. The van der Waals surface area contributed by atoms with E-state index in [0.29, 0.717) is 29.1 Å². The van der Waals surface area contributed by atoms with Gasteiger partial charge in [-0.1, -0.05) is 42.5 Å². The summed E-state index contributed by atoms with van der Waals surface area (Å²) in [5.41, 5.74) is 3.68. The third-order valence-corrected chi connectivity index (χ3v) is 4.44. The average Bonchev–Trinajstić information content (AvgIpc) is 2.99. The first-order valence-electron chi connectivity index (χ1n) is 8.41. The molecule has 0 aliphatic carbocycles. The summed E-state index contributed by atoms with van der Waals surface area (Å²) in [5.74, 6) is -0.136. The van der Waals surface area contributed by atoms with Crippen LogP contribution in [-0.4, -0.2) is 11.9 Å². The molecular weight excluding hydrogens is 326 g/mol. The molecule has 0 bridgehead atoms. The zero-order chi connectivity index (χ0) is 18.1. The molecule has 0 N–H and O–H groups in total. The van der Waals surface area contributed by atoms with Gasteiger partial charge in [0.1, 0.15) is 0 Å². The van der Waals surface area contributed by atoms with Crippen molar-refractivity contribution in [2.75, 3.05) is 4.90 Å². The zero-order valence-corrected chi connectivity index (χ0v) is 14.3. The summed E-state index contributed by atoms with van der Waals surface area (Å²) in [7, 11) is 0. The molecule has 4 rings (SSSR count). The van der Waals surface area contributed by atoms with Crippen molar-refractivity contribution in [1.82, 2.24) is 0 Å². The Morgan fingerprint density at radius 1 is 0.962 bits per heavy atom. The average molecular weight is 343 g/mol. The molecule has 128 valence electrons. The van der Waals surface area contributed by atoms with Crippen LogP contribution < -0.4 is 9.64 Å². The Bertz CT molecular complexity index is 995. The highest BCUT2D eigenvalue weighted by Gasteiger charge is 2.30. The summed E-state index contributed by atoms with van der Waals surface area (Å²) in [6.45, 7) is 2.39. The van der Waals surface area contributed by atoms with Gasteiger partial charge in [0.05, 0.1) is 17.8 Å². The van der Waals surface area contributed by atoms with Crippen LogP contribution in [-0.2, 0) is 6.54 Å². The van der Waals surface area contributed by atoms with E-state index in [9.17, 15) is 9.59 Å². The van der Waals surface area contributed by atoms with E-state index in [2.05, 4.69) is 0 Å². The minimum atomic E-state index is -0.443. The highest BCUT2D eigenvalue weighted by molar-refractivity contribution is 6.11. The summed E-state index contributed by atoms with van der Waals surface area (Å²) >= 11 is 0. The molecule has 26 heavy (non-hydrogen) atoms. The van der Waals surface area contributed by atoms with Crippen molar-refractivity contribution in [3.8, 4) is 5.75 Å². The predicted molar refractivity (Wildman–Crippen MR) is 99.5 cm³/mol. The number of carbonyl (C=O) groups is 2. The number of ether oxygens (including phenoxy) is 1. The van der Waals surface area contributed by atoms with Crippen LogP contribution in [0.5, 0.6) is 5.75 Å². The van der Waals surface area contributed by atoms with Gasteiger partial charge < -0.3 is 9.64 Å². The summed E-state index contributed by atoms with van der Waals surface area (Å²) in [5, 5.41) is 0. The first-order valence-corrected chi connectivity index (χ1v) is 8.41. The summed E-state index contributed by atoms with van der Waals surface area (Å²) in [6.07, 6.45) is 0. The molecular formula is C22H17NO3. The number of rotatable bonds is 3. The lowest BCUT2D eigenvalue weighted by Gasteiger charge is -2.20. The van der Waals surface area contributed by atoms with Gasteiger partial charge in [0.2, 0.25) is 0 Å². The second kappa shape index (κ2) is 6.48. The van der Waals surface area contributed by atoms with Crippen LogP contribution in [0.25, 0.3) is 0 Å². The molecule has 0 atom stereocenters. The number of benzene rings is 3. The van der Waals surface area contributed by atoms with Crippen molar-refractivity contribution in [1.29, 1.82) is 0 Å². The van der Waals surface area contributed by atoms with Gasteiger partial charge in [0.15, 0.2) is 5.75 Å². The SMILES string of the molecule is Cc1ccc(N2Cc3ccccc3C2=O)c(OC(=O)c2ccccc2)c1. The number of esters is 1. The Balaban J connectivity index is 1.68. The molecule has 4 nitrogen and oxygen atoms in total. The van der Waals surface area contributed by atoms with Crippen molar-refractivity contribution in [2.24, 2.45) is 0 Å². The van der Waals surface area contributed by atoms with E-state index in [1.807, 2.05) is 49.4 Å². The molecule has 0 saturated heterocycles. The topological polar surface area (TPSA) is 46.6 Å². The number of carbonyl (C=O) groups excluding carboxylic acids is 2. The highest BCUT2D eigenvalue weighted by atomic mass is 16.5. The Morgan fingerprint density at radius 3 is 2.46 bits per heavy atom. The van der Waals surface area contributed by atoms with Crippen LogP contribution in [0.3, 0.4) is 0 Å². The van der Waals surface area contributed by atoms with E-state index in [0.717, 1.165) is 11.1 Å². The van der Waals surface area contributed by atoms with Gasteiger partial charge in [-0.2, -0.15) is 0 Å². The summed E-state index contributed by atoms with van der Waals surface area (Å²) < 4.78 is 5.64. The molecule has 0 saturated carbocycles. The second-order valence-electron chi connectivity index (χ2n) is 6.28. The number of hydrogen-bond acceptors (Lipinski definition) is 3. The molecule has 3 aromatic carbocycles. The van der Waals surface area contributed by atoms with E-state index < -0.39 is 5.97 Å². The molecule has 0 radical (unpaired) electrons. The highest BCUT2D eigenvalue weighted by Crippen LogP contribution is 2.35. The molecule has 1 aliphatic heterocycles. The lowest BCUT2D eigenvalue weighted by atomic mass is 10.1. The van der Waals surface area contributed by atoms with Crippen LogP contribution in [0, 0.1) is 6.92 Å². The maximum Gasteiger partial charge on any atom is 0.343 e. The Labute approximate surface area is 151 Å². The third kappa shape index (κ3) is 2.86. The largest absolute Gasteiger partial charge is 0.421 e. The molecule has 3 aromatic rings. The number of nitrogens with zero attached hydrogens (tertiary/aromatic N) is 1. The van der Waals surface area contributed by atoms with E-state index in [-0.39, 0.29) is 5.91 Å². The lowest BCUT2D eigenvalue weighted by molar-refractivity contribution is 0.0733. The van der Waals surface area contributed by atoms with Crippen LogP contribution in [0.15, 0.2) is 72.8 Å². The molecule has 0 spiro atoms. The van der Waals surface area contributed by atoms with Crippen molar-refractivity contribution in [3.63, 3.8) is 0 Å². The molecule has 1 heterocycles. The number of fused-ring (bicyclic) bond motifs is 1. The van der Waals surface area contributed by atoms with Gasteiger partial charge in [-0.3, -0.25) is 4.79 Å². The Morgan fingerprint density at radius 2 is 1.69 bits per heavy atom. The molecule has 0 fully saturated rings. The third-order valence-electron chi connectivity index (χ3n) is 4.44. The van der Waals surface area contributed by atoms with Crippen LogP contribution >= 0.6 is 0 Å². The summed E-state index contributed by atoms with van der Waals surface area (Å²) in [6, 6.07) is 21.9. The van der Waals surface area contributed by atoms with E-state index in [1.165, 1.54) is 0 Å². The normalized spacial score (nSPS) is 12.8. The van der Waals surface area contributed by atoms with Gasteiger partial charge in [-0.05, 0) is 48.4 Å². The van der Waals surface area contributed by atoms with Gasteiger partial charge in [0.25, 0.3) is 5.91 Å². The van der Waals surface area contributed by atoms with Gasteiger partial charge in [-0.25, -0.2) is 4.79 Å². The second-order valence-corrected chi connectivity index (χ2v) is 6.28. The fourth-order valence-electron chi connectivity index (χ4n) is 3.11. The smallest absolute Gasteiger partial charge is 0.343 e. The van der Waals surface area contributed by atoms with E-state index >= 15 is 0 Å². The van der Waals surface area contributed by atoms with Crippen molar-refractivity contribution in [2.45, 2.75) is 13.5 Å². The minimum Gasteiger partial charge on any atom is -0.421 e. The first kappa shape index (κ1) is 16.1. The standard InChI is InChI=1S/C22H17NO3/c1-15-11-12-19(23-14-17-9-5-6-10-18(17)21(23)24)20(13-15)26-22(25)16-7-3-2-4-8-16/h2-13H,14H2,1H3. The predicted octanol–water partition coefficient (Wildman–Crippen LogP) is 4.37. The number of anilines is 1. The monoisotopic (exact) mass is 343 g/mol. The quantitative estimate of drug-likeness (QED) is 0.524. The van der Waals surface area contributed by atoms with E-state index in [4.69, 9.17) is 4.74 Å².